The maximum absolute atomic E-state index is 12.6. The summed E-state index contributed by atoms with van der Waals surface area (Å²) in [7, 11) is 0. The van der Waals surface area contributed by atoms with Gasteiger partial charge in [0.25, 0.3) is 5.91 Å². The van der Waals surface area contributed by atoms with Gasteiger partial charge >= 0.3 is 0 Å². The molecule has 0 bridgehead atoms. The fraction of sp³-hybridized carbons (Fsp3) is 0.105. The zero-order valence-electron chi connectivity index (χ0n) is 14.4. The Morgan fingerprint density at radius 1 is 1.15 bits per heavy atom. The molecule has 0 atom stereocenters. The molecular formula is C19H16BrN3O3S. The number of nitrogens with zero attached hydrogens (tertiary/aromatic N) is 1. The average molecular weight is 446 g/mol. The number of nitrogens with one attached hydrogen (secondary N) is 2. The van der Waals surface area contributed by atoms with Gasteiger partial charge < -0.3 is 15.4 Å². The van der Waals surface area contributed by atoms with Gasteiger partial charge in [0.1, 0.15) is 12.4 Å². The van der Waals surface area contributed by atoms with Crippen LogP contribution < -0.4 is 15.4 Å². The topological polar surface area (TPSA) is 80.3 Å². The smallest absolute Gasteiger partial charge is 0.255 e. The largest absolute Gasteiger partial charge is 0.487 e. The molecule has 0 aliphatic carbocycles. The zero-order chi connectivity index (χ0) is 19.2. The van der Waals surface area contributed by atoms with Crippen molar-refractivity contribution in [3.63, 3.8) is 0 Å². The standard InChI is InChI=1S/C19H16BrN3O3S/c1-12(24)22-17-6-5-14(20)8-18(17)23-19(25)13-3-2-4-16(7-13)26-9-15-10-27-11-21-15/h2-8,10-11H,9H2,1H3,(H,22,24)(H,23,25). The number of halogens is 1. The SMILES string of the molecule is CC(=O)Nc1ccc(Br)cc1NC(=O)c1cccc(OCc2cscn2)c1. The Morgan fingerprint density at radius 3 is 2.74 bits per heavy atom. The van der Waals surface area contributed by atoms with Gasteiger partial charge in [0.2, 0.25) is 5.91 Å². The summed E-state index contributed by atoms with van der Waals surface area (Å²) in [6, 6.07) is 12.1. The van der Waals surface area contributed by atoms with E-state index in [4.69, 9.17) is 4.74 Å². The molecule has 3 aromatic rings. The molecule has 0 saturated carbocycles. The highest BCUT2D eigenvalue weighted by Gasteiger charge is 2.12. The minimum Gasteiger partial charge on any atom is -0.487 e. The third-order valence-corrected chi connectivity index (χ3v) is 4.64. The van der Waals surface area contributed by atoms with Crippen LogP contribution in [0.4, 0.5) is 11.4 Å². The molecule has 1 heterocycles. The number of hydrogen-bond acceptors (Lipinski definition) is 5. The summed E-state index contributed by atoms with van der Waals surface area (Å²) in [6.45, 7) is 1.75. The van der Waals surface area contributed by atoms with Crippen LogP contribution >= 0.6 is 27.3 Å². The number of carbonyl (C=O) groups is 2. The van der Waals surface area contributed by atoms with Crippen LogP contribution in [-0.4, -0.2) is 16.8 Å². The molecule has 0 aliphatic heterocycles. The highest BCUT2D eigenvalue weighted by atomic mass is 79.9. The van der Waals surface area contributed by atoms with Crippen LogP contribution in [0.3, 0.4) is 0 Å². The van der Waals surface area contributed by atoms with E-state index >= 15 is 0 Å². The fourth-order valence-electron chi connectivity index (χ4n) is 2.31. The van der Waals surface area contributed by atoms with Gasteiger partial charge in [-0.3, -0.25) is 9.59 Å². The summed E-state index contributed by atoms with van der Waals surface area (Å²) in [5.41, 5.74) is 4.05. The maximum Gasteiger partial charge on any atom is 0.255 e. The van der Waals surface area contributed by atoms with E-state index in [0.29, 0.717) is 29.3 Å². The molecule has 0 saturated heterocycles. The van der Waals surface area contributed by atoms with E-state index in [2.05, 4.69) is 31.5 Å². The molecular weight excluding hydrogens is 430 g/mol. The van der Waals surface area contributed by atoms with Crippen molar-refractivity contribution >= 4 is 50.5 Å². The number of aromatic nitrogens is 1. The highest BCUT2D eigenvalue weighted by Crippen LogP contribution is 2.27. The molecule has 2 aromatic carbocycles. The van der Waals surface area contributed by atoms with E-state index in [0.717, 1.165) is 10.2 Å². The summed E-state index contributed by atoms with van der Waals surface area (Å²) in [5, 5.41) is 7.43. The van der Waals surface area contributed by atoms with Crippen molar-refractivity contribution in [2.24, 2.45) is 0 Å². The maximum atomic E-state index is 12.6. The van der Waals surface area contributed by atoms with Crippen LogP contribution in [0.1, 0.15) is 23.0 Å². The van der Waals surface area contributed by atoms with E-state index in [1.807, 2.05) is 5.38 Å². The van der Waals surface area contributed by atoms with Crippen LogP contribution in [0, 0.1) is 0 Å². The first kappa shape index (κ1) is 19.1. The summed E-state index contributed by atoms with van der Waals surface area (Å²) in [6.07, 6.45) is 0. The summed E-state index contributed by atoms with van der Waals surface area (Å²) in [5.74, 6) is 0.0519. The Kier molecular flexibility index (Phi) is 6.20. The zero-order valence-corrected chi connectivity index (χ0v) is 16.8. The summed E-state index contributed by atoms with van der Waals surface area (Å²) < 4.78 is 6.47. The molecule has 1 aromatic heterocycles. The third-order valence-electron chi connectivity index (χ3n) is 3.51. The second kappa shape index (κ2) is 8.79. The van der Waals surface area contributed by atoms with Gasteiger partial charge in [-0.05, 0) is 36.4 Å². The fourth-order valence-corrected chi connectivity index (χ4v) is 3.21. The van der Waals surface area contributed by atoms with E-state index < -0.39 is 0 Å². The first-order chi connectivity index (χ1) is 13.0. The molecule has 0 aliphatic rings. The second-order valence-corrected chi connectivity index (χ2v) is 7.26. The number of carbonyl (C=O) groups excluding carboxylic acids is 2. The van der Waals surface area contributed by atoms with E-state index in [-0.39, 0.29) is 11.8 Å². The molecule has 0 unspecified atom stereocenters. The van der Waals surface area contributed by atoms with E-state index in [9.17, 15) is 9.59 Å². The van der Waals surface area contributed by atoms with Gasteiger partial charge in [0.05, 0.1) is 22.6 Å². The van der Waals surface area contributed by atoms with Gasteiger partial charge in [0, 0.05) is 22.3 Å². The van der Waals surface area contributed by atoms with E-state index in [1.165, 1.54) is 18.3 Å². The number of benzene rings is 2. The quantitative estimate of drug-likeness (QED) is 0.576. The van der Waals surface area contributed by atoms with Crippen LogP contribution in [0.15, 0.2) is 57.8 Å². The third kappa shape index (κ3) is 5.38. The first-order valence-corrected chi connectivity index (χ1v) is 9.73. The van der Waals surface area contributed by atoms with E-state index in [1.54, 1.807) is 48.0 Å². The molecule has 2 amide bonds. The van der Waals surface area contributed by atoms with Crippen molar-refractivity contribution < 1.29 is 14.3 Å². The van der Waals surface area contributed by atoms with Crippen molar-refractivity contribution in [2.75, 3.05) is 10.6 Å². The van der Waals surface area contributed by atoms with Crippen molar-refractivity contribution in [2.45, 2.75) is 13.5 Å². The minimum absolute atomic E-state index is 0.217. The predicted octanol–water partition coefficient (Wildman–Crippen LogP) is 4.70. The lowest BCUT2D eigenvalue weighted by molar-refractivity contribution is -0.114. The Balaban J connectivity index is 1.73. The van der Waals surface area contributed by atoms with Gasteiger partial charge in [0.15, 0.2) is 0 Å². The number of thiazole rings is 1. The lowest BCUT2D eigenvalue weighted by atomic mass is 10.2. The molecule has 0 spiro atoms. The van der Waals surface area contributed by atoms with Crippen LogP contribution in [0.5, 0.6) is 5.75 Å². The Morgan fingerprint density at radius 2 is 2.00 bits per heavy atom. The van der Waals surface area contributed by atoms with Crippen molar-refractivity contribution in [3.05, 3.63) is 69.1 Å². The Labute approximate surface area is 168 Å². The minimum atomic E-state index is -0.307. The number of ether oxygens (including phenoxy) is 1. The van der Waals surface area contributed by atoms with Crippen LogP contribution in [0.25, 0.3) is 0 Å². The Bertz CT molecular complexity index is 961. The number of rotatable bonds is 6. The van der Waals surface area contributed by atoms with Gasteiger partial charge in [-0.15, -0.1) is 11.3 Å². The molecule has 0 fully saturated rings. The van der Waals surface area contributed by atoms with Gasteiger partial charge in [-0.2, -0.15) is 0 Å². The monoisotopic (exact) mass is 445 g/mol. The predicted molar refractivity (Wildman–Crippen MR) is 109 cm³/mol. The van der Waals surface area contributed by atoms with Crippen molar-refractivity contribution in [1.82, 2.24) is 4.98 Å². The molecule has 2 N–H and O–H groups in total. The number of anilines is 2. The lowest BCUT2D eigenvalue weighted by Crippen LogP contribution is -2.15. The number of hydrogen-bond donors (Lipinski definition) is 2. The Hall–Kier alpha value is -2.71. The molecule has 8 heteroatoms. The summed E-state index contributed by atoms with van der Waals surface area (Å²) in [4.78, 5) is 28.2. The number of amides is 2. The van der Waals surface area contributed by atoms with Gasteiger partial charge in [-0.25, -0.2) is 4.98 Å². The molecule has 3 rings (SSSR count). The normalized spacial score (nSPS) is 10.3. The highest BCUT2D eigenvalue weighted by molar-refractivity contribution is 9.10. The van der Waals surface area contributed by atoms with Crippen LogP contribution in [-0.2, 0) is 11.4 Å². The molecule has 138 valence electrons. The second-order valence-electron chi connectivity index (χ2n) is 5.62. The molecule has 27 heavy (non-hydrogen) atoms. The van der Waals surface area contributed by atoms with Gasteiger partial charge in [-0.1, -0.05) is 22.0 Å². The van der Waals surface area contributed by atoms with Crippen LogP contribution in [0.2, 0.25) is 0 Å². The lowest BCUT2D eigenvalue weighted by Gasteiger charge is -2.12. The van der Waals surface area contributed by atoms with Crippen molar-refractivity contribution in [3.8, 4) is 5.75 Å². The summed E-state index contributed by atoms with van der Waals surface area (Å²) >= 11 is 4.87. The van der Waals surface area contributed by atoms with Crippen molar-refractivity contribution in [1.29, 1.82) is 0 Å². The molecule has 6 nitrogen and oxygen atoms in total. The molecule has 0 radical (unpaired) electrons. The average Bonchev–Trinajstić information content (AvgIpc) is 3.16. The first-order valence-electron chi connectivity index (χ1n) is 7.99.